The number of methoxy groups -OCH3 is 1. The fraction of sp³-hybridized carbons (Fsp3) is 0.400. The second-order valence-corrected chi connectivity index (χ2v) is 5.16. The molecule has 1 aromatic heterocycles. The average Bonchev–Trinajstić information content (AvgIpc) is 2.79. The quantitative estimate of drug-likeness (QED) is 0.884. The highest BCUT2D eigenvalue weighted by molar-refractivity contribution is 5.77. The third-order valence-corrected chi connectivity index (χ3v) is 3.66. The molecule has 0 saturated carbocycles. The number of nitrogens with zero attached hydrogens (tertiary/aromatic N) is 1. The molecule has 0 aliphatic carbocycles. The number of aromatic nitrogens is 2. The fourth-order valence-corrected chi connectivity index (χ4v) is 2.09. The lowest BCUT2D eigenvalue weighted by Crippen LogP contribution is -2.04. The number of benzene rings is 1. The molecule has 2 aromatic rings. The van der Waals surface area contributed by atoms with Gasteiger partial charge in [-0.05, 0) is 23.6 Å². The zero-order valence-electron chi connectivity index (χ0n) is 11.9. The van der Waals surface area contributed by atoms with Crippen LogP contribution in [0.15, 0.2) is 24.3 Å². The molecule has 4 heteroatoms. The number of anilines is 1. The van der Waals surface area contributed by atoms with Crippen LogP contribution in [0.25, 0.3) is 11.1 Å². The number of nitrogens with one attached hydrogen (secondary N) is 1. The van der Waals surface area contributed by atoms with Gasteiger partial charge in [0.25, 0.3) is 0 Å². The normalized spacial score (nSPS) is 12.7. The lowest BCUT2D eigenvalue weighted by atomic mass is 9.90. The Labute approximate surface area is 114 Å². The van der Waals surface area contributed by atoms with Crippen molar-refractivity contribution in [2.24, 2.45) is 5.92 Å². The Morgan fingerprint density at radius 2 is 1.79 bits per heavy atom. The minimum atomic E-state index is 0.377. The minimum Gasteiger partial charge on any atom is -0.497 e. The van der Waals surface area contributed by atoms with Crippen molar-refractivity contribution in [2.75, 3.05) is 12.8 Å². The van der Waals surface area contributed by atoms with E-state index in [1.807, 2.05) is 24.3 Å². The molecule has 0 bridgehead atoms. The molecule has 0 aliphatic rings. The van der Waals surface area contributed by atoms with Crippen LogP contribution >= 0.6 is 0 Å². The van der Waals surface area contributed by atoms with Gasteiger partial charge in [0.1, 0.15) is 5.75 Å². The van der Waals surface area contributed by atoms with Crippen LogP contribution in [0.2, 0.25) is 0 Å². The zero-order chi connectivity index (χ0) is 14.0. The molecule has 4 nitrogen and oxygen atoms in total. The van der Waals surface area contributed by atoms with Crippen molar-refractivity contribution in [3.63, 3.8) is 0 Å². The molecule has 0 fully saturated rings. The molecule has 1 unspecified atom stereocenters. The van der Waals surface area contributed by atoms with Crippen LogP contribution in [-0.4, -0.2) is 17.3 Å². The number of aromatic amines is 1. The molecule has 0 amide bonds. The van der Waals surface area contributed by atoms with E-state index in [0.29, 0.717) is 17.7 Å². The van der Waals surface area contributed by atoms with E-state index in [-0.39, 0.29) is 0 Å². The second kappa shape index (κ2) is 5.34. The highest BCUT2D eigenvalue weighted by Crippen LogP contribution is 2.35. The van der Waals surface area contributed by atoms with E-state index in [2.05, 4.69) is 31.0 Å². The summed E-state index contributed by atoms with van der Waals surface area (Å²) in [5.74, 6) is 2.29. The molecule has 0 saturated heterocycles. The smallest absolute Gasteiger partial charge is 0.153 e. The second-order valence-electron chi connectivity index (χ2n) is 5.16. The Balaban J connectivity index is 2.45. The predicted octanol–water partition coefficient (Wildman–Crippen LogP) is 3.43. The van der Waals surface area contributed by atoms with Crippen molar-refractivity contribution < 1.29 is 4.74 Å². The molecular formula is C15H21N3O. The molecule has 3 N–H and O–H groups in total. The Morgan fingerprint density at radius 1 is 1.16 bits per heavy atom. The van der Waals surface area contributed by atoms with Gasteiger partial charge in [0, 0.05) is 17.2 Å². The molecule has 1 aromatic carbocycles. The van der Waals surface area contributed by atoms with Crippen molar-refractivity contribution in [1.82, 2.24) is 10.2 Å². The van der Waals surface area contributed by atoms with Crippen LogP contribution in [0.5, 0.6) is 5.75 Å². The number of nitrogen functional groups attached to an aromatic ring is 1. The summed E-state index contributed by atoms with van der Waals surface area (Å²) in [6.45, 7) is 6.57. The van der Waals surface area contributed by atoms with Gasteiger partial charge in [0.05, 0.1) is 7.11 Å². The standard InChI is InChI=1S/C15H21N3O/c1-9(2)10(3)14-13(15(16)18-17-14)11-5-7-12(19-4)8-6-11/h5-10H,1-4H3,(H3,16,17,18). The van der Waals surface area contributed by atoms with Crippen molar-refractivity contribution in [3.8, 4) is 16.9 Å². The third kappa shape index (κ3) is 2.57. The van der Waals surface area contributed by atoms with Crippen molar-refractivity contribution in [3.05, 3.63) is 30.0 Å². The monoisotopic (exact) mass is 259 g/mol. The van der Waals surface area contributed by atoms with Gasteiger partial charge >= 0.3 is 0 Å². The summed E-state index contributed by atoms with van der Waals surface area (Å²) in [6, 6.07) is 7.89. The van der Waals surface area contributed by atoms with Crippen molar-refractivity contribution >= 4 is 5.82 Å². The molecule has 0 radical (unpaired) electrons. The number of rotatable bonds is 4. The Bertz CT molecular complexity index is 543. The molecule has 2 rings (SSSR count). The van der Waals surface area contributed by atoms with Gasteiger partial charge < -0.3 is 10.5 Å². The topological polar surface area (TPSA) is 63.9 Å². The largest absolute Gasteiger partial charge is 0.497 e. The van der Waals surface area contributed by atoms with E-state index < -0.39 is 0 Å². The maximum absolute atomic E-state index is 6.01. The fourth-order valence-electron chi connectivity index (χ4n) is 2.09. The number of hydrogen-bond donors (Lipinski definition) is 2. The summed E-state index contributed by atoms with van der Waals surface area (Å²) in [4.78, 5) is 0. The first-order valence-corrected chi connectivity index (χ1v) is 6.52. The number of nitrogens with two attached hydrogens (primary N) is 1. The highest BCUT2D eigenvalue weighted by Gasteiger charge is 2.20. The third-order valence-electron chi connectivity index (χ3n) is 3.66. The summed E-state index contributed by atoms with van der Waals surface area (Å²) in [5, 5.41) is 7.24. The number of hydrogen-bond acceptors (Lipinski definition) is 3. The van der Waals surface area contributed by atoms with Crippen molar-refractivity contribution in [1.29, 1.82) is 0 Å². The van der Waals surface area contributed by atoms with Crippen LogP contribution in [-0.2, 0) is 0 Å². The van der Waals surface area contributed by atoms with Gasteiger partial charge in [0.2, 0.25) is 0 Å². The lowest BCUT2D eigenvalue weighted by molar-refractivity contribution is 0.415. The SMILES string of the molecule is COc1ccc(-c2c(N)n[nH]c2C(C)C(C)C)cc1. The molecule has 1 heterocycles. The first kappa shape index (κ1) is 13.5. The molecule has 0 aliphatic heterocycles. The van der Waals surface area contributed by atoms with E-state index in [1.165, 1.54) is 0 Å². The summed E-state index contributed by atoms with van der Waals surface area (Å²) in [5.41, 5.74) is 9.17. The first-order valence-electron chi connectivity index (χ1n) is 6.52. The van der Waals surface area contributed by atoms with Crippen LogP contribution in [0, 0.1) is 5.92 Å². The Hall–Kier alpha value is -1.97. The molecule has 19 heavy (non-hydrogen) atoms. The Kier molecular flexibility index (Phi) is 3.79. The van der Waals surface area contributed by atoms with Crippen LogP contribution in [0.3, 0.4) is 0 Å². The minimum absolute atomic E-state index is 0.377. The van der Waals surface area contributed by atoms with Crippen molar-refractivity contribution in [2.45, 2.75) is 26.7 Å². The predicted molar refractivity (Wildman–Crippen MR) is 78.2 cm³/mol. The molecular weight excluding hydrogens is 238 g/mol. The van der Waals surface area contributed by atoms with Gasteiger partial charge in [0.15, 0.2) is 5.82 Å². The van der Waals surface area contributed by atoms with E-state index in [9.17, 15) is 0 Å². The lowest BCUT2D eigenvalue weighted by Gasteiger charge is -2.16. The van der Waals surface area contributed by atoms with Crippen LogP contribution in [0.1, 0.15) is 32.4 Å². The van der Waals surface area contributed by atoms with E-state index in [1.54, 1.807) is 7.11 Å². The number of H-pyrrole nitrogens is 1. The maximum atomic E-state index is 6.01. The molecule has 102 valence electrons. The summed E-state index contributed by atoms with van der Waals surface area (Å²) >= 11 is 0. The van der Waals surface area contributed by atoms with Gasteiger partial charge in [-0.1, -0.05) is 32.9 Å². The van der Waals surface area contributed by atoms with Crippen LogP contribution < -0.4 is 10.5 Å². The zero-order valence-corrected chi connectivity index (χ0v) is 11.9. The maximum Gasteiger partial charge on any atom is 0.153 e. The summed E-state index contributed by atoms with van der Waals surface area (Å²) < 4.78 is 5.18. The van der Waals surface area contributed by atoms with E-state index in [0.717, 1.165) is 22.6 Å². The Morgan fingerprint density at radius 3 is 2.32 bits per heavy atom. The van der Waals surface area contributed by atoms with E-state index in [4.69, 9.17) is 10.5 Å². The average molecular weight is 259 g/mol. The van der Waals surface area contributed by atoms with Crippen LogP contribution in [0.4, 0.5) is 5.82 Å². The number of ether oxygens (including phenoxy) is 1. The summed E-state index contributed by atoms with van der Waals surface area (Å²) in [6.07, 6.45) is 0. The molecule has 0 spiro atoms. The van der Waals surface area contributed by atoms with Gasteiger partial charge in [-0.25, -0.2) is 0 Å². The van der Waals surface area contributed by atoms with E-state index >= 15 is 0 Å². The summed E-state index contributed by atoms with van der Waals surface area (Å²) in [7, 11) is 1.66. The van der Waals surface area contributed by atoms with Gasteiger partial charge in [-0.2, -0.15) is 5.10 Å². The molecule has 1 atom stereocenters. The van der Waals surface area contributed by atoms with Gasteiger partial charge in [-0.15, -0.1) is 0 Å². The van der Waals surface area contributed by atoms with Gasteiger partial charge in [-0.3, -0.25) is 5.10 Å². The first-order chi connectivity index (χ1) is 9.04. The highest BCUT2D eigenvalue weighted by atomic mass is 16.5.